The molecule has 0 N–H and O–H groups in total. The van der Waals surface area contributed by atoms with Crippen molar-refractivity contribution in [2.75, 3.05) is 0 Å². The summed E-state index contributed by atoms with van der Waals surface area (Å²) in [6, 6.07) is 15.5. The Bertz CT molecular complexity index is 1110. The molecule has 108 valence electrons. The summed E-state index contributed by atoms with van der Waals surface area (Å²) in [4.78, 5) is 0. The number of aryl methyl sites for hydroxylation is 3. The van der Waals surface area contributed by atoms with E-state index >= 15 is 0 Å². The predicted molar refractivity (Wildman–Crippen MR) is 89.5 cm³/mol. The number of rotatable bonds is 1. The van der Waals surface area contributed by atoms with E-state index in [1.807, 2.05) is 42.0 Å². The molecule has 2 aromatic heterocycles. The van der Waals surface area contributed by atoms with Crippen molar-refractivity contribution in [3.63, 3.8) is 0 Å². The first-order valence-corrected chi connectivity index (χ1v) is 7.30. The third-order valence-electron chi connectivity index (χ3n) is 4.10. The van der Waals surface area contributed by atoms with Crippen molar-refractivity contribution < 1.29 is 13.1 Å². The molecule has 2 heteroatoms. The average Bonchev–Trinajstić information content (AvgIpc) is 2.91. The molecule has 0 amide bonds. The van der Waals surface area contributed by atoms with Crippen LogP contribution in [0.25, 0.3) is 27.6 Å². The maximum atomic E-state index is 7.57. The van der Waals surface area contributed by atoms with Gasteiger partial charge in [-0.3, -0.25) is 0 Å². The highest BCUT2D eigenvalue weighted by atomic mass is 16.3. The Morgan fingerprint density at radius 2 is 1.82 bits per heavy atom. The molecule has 0 aliphatic heterocycles. The van der Waals surface area contributed by atoms with Crippen LogP contribution in [0, 0.1) is 20.7 Å². The summed E-state index contributed by atoms with van der Waals surface area (Å²) in [5.74, 6) is 0. The molecule has 0 fully saturated rings. The number of hydrogen-bond acceptors (Lipinski definition) is 1. The normalized spacial score (nSPS) is 14.0. The zero-order valence-corrected chi connectivity index (χ0v) is 12.6. The van der Waals surface area contributed by atoms with Crippen LogP contribution in [-0.4, -0.2) is 0 Å². The van der Waals surface area contributed by atoms with E-state index in [1.165, 1.54) is 0 Å². The van der Waals surface area contributed by atoms with Crippen LogP contribution >= 0.6 is 0 Å². The first kappa shape index (κ1) is 10.2. The second-order valence-corrected chi connectivity index (χ2v) is 5.66. The van der Waals surface area contributed by atoms with Gasteiger partial charge in [-0.2, -0.15) is 4.57 Å². The van der Waals surface area contributed by atoms with Crippen LogP contribution in [0.15, 0.2) is 59.1 Å². The number of para-hydroxylation sites is 1. The van der Waals surface area contributed by atoms with E-state index in [9.17, 15) is 0 Å². The highest BCUT2D eigenvalue weighted by Gasteiger charge is 2.17. The minimum Gasteiger partial charge on any atom is -0.456 e. The zero-order valence-electron chi connectivity index (χ0n) is 15.6. The lowest BCUT2D eigenvalue weighted by molar-refractivity contribution is -0.603. The molecule has 0 atom stereocenters. The van der Waals surface area contributed by atoms with E-state index in [2.05, 4.69) is 19.1 Å². The average molecular weight is 291 g/mol. The zero-order chi connectivity index (χ0) is 17.8. The van der Waals surface area contributed by atoms with Gasteiger partial charge < -0.3 is 4.42 Å². The summed E-state index contributed by atoms with van der Waals surface area (Å²) >= 11 is 0. The quantitative estimate of drug-likeness (QED) is 0.461. The molecule has 0 radical (unpaired) electrons. The summed E-state index contributed by atoms with van der Waals surface area (Å²) in [7, 11) is 0. The number of pyridine rings is 1. The van der Waals surface area contributed by atoms with Crippen LogP contribution in [0.4, 0.5) is 0 Å². The summed E-state index contributed by atoms with van der Waals surface area (Å²) in [5, 5.41) is 2.20. The fraction of sp³-hybridized carbons (Fsp3) is 0.150. The Labute approximate surface area is 133 Å². The van der Waals surface area contributed by atoms with Crippen LogP contribution in [0.3, 0.4) is 0 Å². The summed E-state index contributed by atoms with van der Waals surface area (Å²) in [6.07, 6.45) is 1.81. The van der Waals surface area contributed by atoms with E-state index in [-0.39, 0.29) is 0 Å². The second-order valence-electron chi connectivity index (χ2n) is 5.66. The molecule has 0 saturated carbocycles. The molecule has 0 saturated heterocycles. The van der Waals surface area contributed by atoms with Crippen molar-refractivity contribution in [3.05, 3.63) is 71.5 Å². The number of aromatic nitrogens is 1. The fourth-order valence-corrected chi connectivity index (χ4v) is 3.01. The molecule has 4 aromatic rings. The molecule has 0 bridgehead atoms. The van der Waals surface area contributed by atoms with Gasteiger partial charge in [-0.25, -0.2) is 0 Å². The number of nitrogens with zero attached hydrogens (tertiary/aromatic N) is 1. The van der Waals surface area contributed by atoms with E-state index in [0.717, 1.165) is 38.9 Å². The van der Waals surface area contributed by atoms with Gasteiger partial charge in [0.05, 0.1) is 6.07 Å². The number of fused-ring (bicyclic) bond motifs is 3. The molecule has 0 unspecified atom stereocenters. The van der Waals surface area contributed by atoms with Crippen molar-refractivity contribution >= 4 is 21.9 Å². The maximum absolute atomic E-state index is 7.57. The first-order valence-electron chi connectivity index (χ1n) is 8.80. The van der Waals surface area contributed by atoms with Gasteiger partial charge in [0, 0.05) is 39.5 Å². The van der Waals surface area contributed by atoms with E-state index in [1.54, 1.807) is 12.1 Å². The molecule has 22 heavy (non-hydrogen) atoms. The van der Waals surface area contributed by atoms with Gasteiger partial charge in [0.15, 0.2) is 11.9 Å². The molecule has 4 rings (SSSR count). The van der Waals surface area contributed by atoms with Gasteiger partial charge in [-0.05, 0) is 31.5 Å². The highest BCUT2D eigenvalue weighted by molar-refractivity contribution is 6.05. The molecule has 0 spiro atoms. The minimum absolute atomic E-state index is 0.351. The van der Waals surface area contributed by atoms with Gasteiger partial charge in [-0.1, -0.05) is 18.2 Å². The van der Waals surface area contributed by atoms with Crippen molar-refractivity contribution in [1.82, 2.24) is 0 Å². The van der Waals surface area contributed by atoms with Gasteiger partial charge in [0.1, 0.15) is 11.2 Å². The lowest BCUT2D eigenvalue weighted by Crippen LogP contribution is -2.34. The van der Waals surface area contributed by atoms with E-state index in [0.29, 0.717) is 5.56 Å². The highest BCUT2D eigenvalue weighted by Crippen LogP contribution is 2.30. The molecular weight excluding hydrogens is 270 g/mol. The first-order chi connectivity index (χ1) is 11.8. The summed E-state index contributed by atoms with van der Waals surface area (Å²) in [5.41, 5.74) is 5.01. The van der Waals surface area contributed by atoms with Crippen molar-refractivity contribution in [1.29, 1.82) is 0 Å². The topological polar surface area (TPSA) is 17.0 Å². The van der Waals surface area contributed by atoms with Crippen LogP contribution in [0.5, 0.6) is 0 Å². The van der Waals surface area contributed by atoms with Crippen molar-refractivity contribution in [3.8, 4) is 5.69 Å². The Kier molecular flexibility index (Phi) is 2.17. The second kappa shape index (κ2) is 4.70. The molecule has 0 aliphatic rings. The van der Waals surface area contributed by atoms with E-state index in [4.69, 9.17) is 8.53 Å². The third-order valence-corrected chi connectivity index (χ3v) is 4.10. The summed E-state index contributed by atoms with van der Waals surface area (Å²) in [6.45, 7) is 1.87. The van der Waals surface area contributed by atoms with Crippen LogP contribution in [0.1, 0.15) is 20.9 Å². The van der Waals surface area contributed by atoms with Crippen molar-refractivity contribution in [2.45, 2.75) is 20.7 Å². The lowest BCUT2D eigenvalue weighted by atomic mass is 10.1. The molecule has 2 heterocycles. The Morgan fingerprint density at radius 1 is 0.955 bits per heavy atom. The molecule has 2 nitrogen and oxygen atoms in total. The Morgan fingerprint density at radius 3 is 2.64 bits per heavy atom. The van der Waals surface area contributed by atoms with Crippen molar-refractivity contribution in [2.24, 2.45) is 0 Å². The molecular formula is C20H18NO+. The summed E-state index contributed by atoms with van der Waals surface area (Å²) < 4.78 is 30.7. The monoisotopic (exact) mass is 291 g/mol. The Balaban J connectivity index is 1.92. The molecule has 2 aromatic carbocycles. The molecule has 0 aliphatic carbocycles. The standard InChI is InChI=1S/C20H18NO/c1-13-8-9-21(15(3)10-13)18-12-20-17(11-14(18)2)16-6-4-5-7-19(16)22-20/h4-12H,1-3H3/q+1/i1D3. The van der Waals surface area contributed by atoms with Crippen LogP contribution in [0.2, 0.25) is 0 Å². The van der Waals surface area contributed by atoms with Gasteiger partial charge in [-0.15, -0.1) is 0 Å². The van der Waals surface area contributed by atoms with E-state index < -0.39 is 6.85 Å². The Hall–Kier alpha value is -2.61. The fourth-order valence-electron chi connectivity index (χ4n) is 3.01. The van der Waals surface area contributed by atoms with Gasteiger partial charge >= 0.3 is 0 Å². The SMILES string of the molecule is [2H]C([2H])([2H])c1cc[n+](-c2cc3oc4ccccc4c3cc2C)c(C)c1. The minimum atomic E-state index is -2.10. The van der Waals surface area contributed by atoms with Gasteiger partial charge in [0.25, 0.3) is 0 Å². The lowest BCUT2D eigenvalue weighted by Gasteiger charge is -2.04. The smallest absolute Gasteiger partial charge is 0.217 e. The van der Waals surface area contributed by atoms with Gasteiger partial charge in [0.2, 0.25) is 5.69 Å². The largest absolute Gasteiger partial charge is 0.456 e. The maximum Gasteiger partial charge on any atom is 0.217 e. The number of furan rings is 1. The third kappa shape index (κ3) is 1.92. The number of hydrogen-bond donors (Lipinski definition) is 0. The van der Waals surface area contributed by atoms with Crippen LogP contribution < -0.4 is 4.57 Å². The van der Waals surface area contributed by atoms with Crippen LogP contribution in [-0.2, 0) is 0 Å². The number of benzene rings is 2. The predicted octanol–water partition coefficient (Wildman–Crippen LogP) is 4.79.